The Labute approximate surface area is 98.8 Å². The molecule has 0 aromatic carbocycles. The lowest BCUT2D eigenvalue weighted by Gasteiger charge is -2.24. The van der Waals surface area contributed by atoms with Crippen molar-refractivity contribution in [2.24, 2.45) is 5.73 Å². The summed E-state index contributed by atoms with van der Waals surface area (Å²) < 4.78 is 0. The standard InChI is InChI=1S/C11H15N3O3/c1-6-4-8(7(5-13-6)9(15)16)14-11(2,3)10(12)17/h4-5H,1-3H3,(H2,12,17)(H,13,14)(H,15,16). The molecule has 17 heavy (non-hydrogen) atoms. The van der Waals surface area contributed by atoms with Crippen molar-refractivity contribution < 1.29 is 14.7 Å². The maximum Gasteiger partial charge on any atom is 0.339 e. The average Bonchev–Trinajstić information content (AvgIpc) is 2.15. The molecule has 0 radical (unpaired) electrons. The third-order valence-corrected chi connectivity index (χ3v) is 2.33. The van der Waals surface area contributed by atoms with Crippen molar-refractivity contribution in [1.82, 2.24) is 4.98 Å². The fourth-order valence-corrected chi connectivity index (χ4v) is 1.23. The average molecular weight is 237 g/mol. The van der Waals surface area contributed by atoms with Gasteiger partial charge in [0.15, 0.2) is 0 Å². The summed E-state index contributed by atoms with van der Waals surface area (Å²) in [6, 6.07) is 1.56. The molecule has 1 rings (SSSR count). The van der Waals surface area contributed by atoms with Crippen molar-refractivity contribution in [1.29, 1.82) is 0 Å². The van der Waals surface area contributed by atoms with Crippen LogP contribution in [0.15, 0.2) is 12.3 Å². The van der Waals surface area contributed by atoms with Crippen LogP contribution in [-0.2, 0) is 4.79 Å². The largest absolute Gasteiger partial charge is 0.478 e. The molecule has 1 heterocycles. The first-order valence-electron chi connectivity index (χ1n) is 5.02. The van der Waals surface area contributed by atoms with Crippen LogP contribution in [0.25, 0.3) is 0 Å². The fraction of sp³-hybridized carbons (Fsp3) is 0.364. The molecule has 6 heteroatoms. The molecule has 4 N–H and O–H groups in total. The number of aryl methyl sites for hydroxylation is 1. The highest BCUT2D eigenvalue weighted by molar-refractivity contribution is 5.96. The van der Waals surface area contributed by atoms with Crippen molar-refractivity contribution in [3.05, 3.63) is 23.5 Å². The van der Waals surface area contributed by atoms with Gasteiger partial charge in [-0.05, 0) is 26.8 Å². The molecular formula is C11H15N3O3. The zero-order chi connectivity index (χ0) is 13.2. The van der Waals surface area contributed by atoms with Crippen LogP contribution in [0.5, 0.6) is 0 Å². The van der Waals surface area contributed by atoms with E-state index in [9.17, 15) is 9.59 Å². The minimum Gasteiger partial charge on any atom is -0.478 e. The van der Waals surface area contributed by atoms with Gasteiger partial charge in [-0.15, -0.1) is 0 Å². The van der Waals surface area contributed by atoms with Gasteiger partial charge in [0.25, 0.3) is 0 Å². The first-order chi connectivity index (χ1) is 7.74. The number of amides is 1. The van der Waals surface area contributed by atoms with Crippen LogP contribution in [0.1, 0.15) is 29.9 Å². The summed E-state index contributed by atoms with van der Waals surface area (Å²) in [5, 5.41) is 11.8. The van der Waals surface area contributed by atoms with Gasteiger partial charge in [-0.2, -0.15) is 0 Å². The van der Waals surface area contributed by atoms with Gasteiger partial charge in [0.2, 0.25) is 5.91 Å². The molecule has 0 aliphatic rings. The van der Waals surface area contributed by atoms with Crippen LogP contribution in [0, 0.1) is 6.92 Å². The number of anilines is 1. The summed E-state index contributed by atoms with van der Waals surface area (Å²) in [5.74, 6) is -1.68. The van der Waals surface area contributed by atoms with E-state index in [1.165, 1.54) is 6.20 Å². The maximum atomic E-state index is 11.2. The molecule has 0 saturated carbocycles. The van der Waals surface area contributed by atoms with Gasteiger partial charge < -0.3 is 16.2 Å². The smallest absolute Gasteiger partial charge is 0.339 e. The molecule has 1 amide bonds. The summed E-state index contributed by atoms with van der Waals surface area (Å²) in [7, 11) is 0. The summed E-state index contributed by atoms with van der Waals surface area (Å²) in [5.41, 5.74) is 5.17. The highest BCUT2D eigenvalue weighted by atomic mass is 16.4. The number of nitrogens with zero attached hydrogens (tertiary/aromatic N) is 1. The first-order valence-corrected chi connectivity index (χ1v) is 5.02. The fourth-order valence-electron chi connectivity index (χ4n) is 1.23. The SMILES string of the molecule is Cc1cc(NC(C)(C)C(N)=O)c(C(=O)O)cn1. The number of aromatic nitrogens is 1. The number of carboxylic acids is 1. The molecule has 1 aromatic rings. The molecule has 0 bridgehead atoms. The molecule has 1 aromatic heterocycles. The monoisotopic (exact) mass is 237 g/mol. The second-order valence-electron chi connectivity index (χ2n) is 4.29. The van der Waals surface area contributed by atoms with E-state index in [1.54, 1.807) is 26.8 Å². The third-order valence-electron chi connectivity index (χ3n) is 2.33. The number of primary amides is 1. The van der Waals surface area contributed by atoms with Crippen molar-refractivity contribution >= 4 is 17.6 Å². The van der Waals surface area contributed by atoms with Gasteiger partial charge in [-0.3, -0.25) is 9.78 Å². The number of rotatable bonds is 4. The molecule has 0 saturated heterocycles. The molecule has 0 spiro atoms. The number of carbonyl (C=O) groups excluding carboxylic acids is 1. The maximum absolute atomic E-state index is 11.2. The lowest BCUT2D eigenvalue weighted by Crippen LogP contribution is -2.45. The Balaban J connectivity index is 3.17. The van der Waals surface area contributed by atoms with Crippen molar-refractivity contribution in [3.63, 3.8) is 0 Å². The van der Waals surface area contributed by atoms with E-state index in [4.69, 9.17) is 10.8 Å². The molecule has 0 atom stereocenters. The Morgan fingerprint density at radius 2 is 2.06 bits per heavy atom. The number of carboxylic acid groups (broad SMARTS) is 1. The van der Waals surface area contributed by atoms with E-state index >= 15 is 0 Å². The molecule has 0 aliphatic carbocycles. The van der Waals surface area contributed by atoms with Gasteiger partial charge in [0, 0.05) is 11.9 Å². The van der Waals surface area contributed by atoms with Gasteiger partial charge >= 0.3 is 5.97 Å². The van der Waals surface area contributed by atoms with E-state index in [0.717, 1.165) is 0 Å². The highest BCUT2D eigenvalue weighted by Gasteiger charge is 2.26. The number of nitrogens with one attached hydrogen (secondary N) is 1. The summed E-state index contributed by atoms with van der Waals surface area (Å²) in [4.78, 5) is 26.1. The minimum absolute atomic E-state index is 0.00456. The summed E-state index contributed by atoms with van der Waals surface area (Å²) >= 11 is 0. The Kier molecular flexibility index (Phi) is 3.36. The second kappa shape index (κ2) is 4.40. The lowest BCUT2D eigenvalue weighted by molar-refractivity contribution is -0.121. The van der Waals surface area contributed by atoms with E-state index in [1.807, 2.05) is 0 Å². The number of hydrogen-bond donors (Lipinski definition) is 3. The van der Waals surface area contributed by atoms with Crippen LogP contribution in [0.2, 0.25) is 0 Å². The molecule has 6 nitrogen and oxygen atoms in total. The van der Waals surface area contributed by atoms with Crippen LogP contribution in [0.3, 0.4) is 0 Å². The Morgan fingerprint density at radius 1 is 1.47 bits per heavy atom. The van der Waals surface area contributed by atoms with Gasteiger partial charge in [0.1, 0.15) is 11.1 Å². The third kappa shape index (κ3) is 2.93. The zero-order valence-electron chi connectivity index (χ0n) is 9.94. The molecule has 0 unspecified atom stereocenters. The van der Waals surface area contributed by atoms with Gasteiger partial charge in [-0.25, -0.2) is 4.79 Å². The van der Waals surface area contributed by atoms with E-state index < -0.39 is 17.4 Å². The predicted molar refractivity (Wildman–Crippen MR) is 62.8 cm³/mol. The van der Waals surface area contributed by atoms with Crippen LogP contribution in [-0.4, -0.2) is 27.5 Å². The molecule has 0 aliphatic heterocycles. The quantitative estimate of drug-likeness (QED) is 0.717. The van der Waals surface area contributed by atoms with Crippen molar-refractivity contribution in [2.75, 3.05) is 5.32 Å². The Bertz CT molecular complexity index is 469. The first kappa shape index (κ1) is 13.0. The zero-order valence-corrected chi connectivity index (χ0v) is 9.94. The van der Waals surface area contributed by atoms with Crippen LogP contribution >= 0.6 is 0 Å². The van der Waals surface area contributed by atoms with E-state index in [0.29, 0.717) is 11.4 Å². The minimum atomic E-state index is -1.11. The molecule has 0 fully saturated rings. The number of carbonyl (C=O) groups is 2. The number of nitrogens with two attached hydrogens (primary N) is 1. The lowest BCUT2D eigenvalue weighted by atomic mass is 10.0. The highest BCUT2D eigenvalue weighted by Crippen LogP contribution is 2.20. The van der Waals surface area contributed by atoms with Crippen molar-refractivity contribution in [2.45, 2.75) is 26.3 Å². The van der Waals surface area contributed by atoms with Crippen LogP contribution in [0.4, 0.5) is 5.69 Å². The summed E-state index contributed by atoms with van der Waals surface area (Å²) in [6.45, 7) is 4.89. The number of pyridine rings is 1. The summed E-state index contributed by atoms with van der Waals surface area (Å²) in [6.07, 6.45) is 1.25. The Hall–Kier alpha value is -2.11. The van der Waals surface area contributed by atoms with Gasteiger partial charge in [-0.1, -0.05) is 0 Å². The predicted octanol–water partition coefficient (Wildman–Crippen LogP) is 0.764. The normalized spacial score (nSPS) is 11.0. The molecule has 92 valence electrons. The van der Waals surface area contributed by atoms with Crippen LogP contribution < -0.4 is 11.1 Å². The number of aromatic carboxylic acids is 1. The topological polar surface area (TPSA) is 105 Å². The van der Waals surface area contributed by atoms with Crippen molar-refractivity contribution in [3.8, 4) is 0 Å². The Morgan fingerprint density at radius 3 is 2.53 bits per heavy atom. The van der Waals surface area contributed by atoms with E-state index in [-0.39, 0.29) is 5.56 Å². The second-order valence-corrected chi connectivity index (χ2v) is 4.29. The van der Waals surface area contributed by atoms with E-state index in [2.05, 4.69) is 10.3 Å². The number of hydrogen-bond acceptors (Lipinski definition) is 4. The van der Waals surface area contributed by atoms with Gasteiger partial charge in [0.05, 0.1) is 5.69 Å². The molecular weight excluding hydrogens is 222 g/mol.